The fourth-order valence-electron chi connectivity index (χ4n) is 3.14. The molecule has 0 spiro atoms. The van der Waals surface area contributed by atoms with Gasteiger partial charge in [0.2, 0.25) is 11.8 Å². The Hall–Kier alpha value is -1.55. The molecule has 3 nitrogen and oxygen atoms in total. The number of hydrogen-bond donors (Lipinski definition) is 0. The van der Waals surface area contributed by atoms with Crippen LogP contribution in [0.15, 0.2) is 42.5 Å². The quantitative estimate of drug-likeness (QED) is 0.569. The van der Waals surface area contributed by atoms with Crippen molar-refractivity contribution in [2.24, 2.45) is 11.8 Å². The third-order valence-electron chi connectivity index (χ3n) is 3.92. The van der Waals surface area contributed by atoms with Gasteiger partial charge < -0.3 is 0 Å². The lowest BCUT2D eigenvalue weighted by Gasteiger charge is -2.16. The lowest BCUT2D eigenvalue weighted by atomic mass is 9.85. The zero-order valence-electron chi connectivity index (χ0n) is 9.52. The summed E-state index contributed by atoms with van der Waals surface area (Å²) in [5, 5.41) is 0.398. The van der Waals surface area contributed by atoms with Crippen LogP contribution in [-0.4, -0.2) is 22.3 Å². The van der Waals surface area contributed by atoms with Crippen LogP contribution < -0.4 is 4.90 Å². The first-order valence-electron chi connectivity index (χ1n) is 6.04. The van der Waals surface area contributed by atoms with Crippen molar-refractivity contribution in [3.05, 3.63) is 42.5 Å². The predicted octanol–water partition coefficient (Wildman–Crippen LogP) is 1.85. The van der Waals surface area contributed by atoms with Crippen LogP contribution in [-0.2, 0) is 9.59 Å². The molecule has 2 saturated heterocycles. The van der Waals surface area contributed by atoms with Crippen molar-refractivity contribution in [3.8, 4) is 0 Å². The van der Waals surface area contributed by atoms with E-state index in [0.717, 1.165) is 0 Å². The minimum atomic E-state index is -0.141. The summed E-state index contributed by atoms with van der Waals surface area (Å²) in [6.45, 7) is 0. The van der Waals surface area contributed by atoms with Crippen LogP contribution in [0.5, 0.6) is 0 Å². The second kappa shape index (κ2) is 3.48. The van der Waals surface area contributed by atoms with Crippen LogP contribution in [0, 0.1) is 11.8 Å². The Bertz CT molecular complexity index is 538. The van der Waals surface area contributed by atoms with Crippen molar-refractivity contribution < 1.29 is 9.59 Å². The molecule has 4 heteroatoms. The minimum absolute atomic E-state index is 0.0273. The number of anilines is 1. The SMILES string of the molecule is O=C1[C@@H]2[C@H](C(=O)N1c1ccccc1)[C@H]1C=C[C@@H]2S1. The number of amides is 2. The topological polar surface area (TPSA) is 37.4 Å². The summed E-state index contributed by atoms with van der Waals surface area (Å²) in [5.41, 5.74) is 0.700. The molecule has 1 aromatic rings. The molecule has 18 heavy (non-hydrogen) atoms. The van der Waals surface area contributed by atoms with Crippen LogP contribution >= 0.6 is 11.8 Å². The fraction of sp³-hybridized carbons (Fsp3) is 0.286. The van der Waals surface area contributed by atoms with E-state index in [0.29, 0.717) is 5.69 Å². The molecule has 1 aromatic carbocycles. The van der Waals surface area contributed by atoms with E-state index in [2.05, 4.69) is 12.2 Å². The van der Waals surface area contributed by atoms with Crippen LogP contribution in [0.2, 0.25) is 0 Å². The van der Waals surface area contributed by atoms with E-state index >= 15 is 0 Å². The van der Waals surface area contributed by atoms with E-state index in [1.807, 2.05) is 30.3 Å². The molecular weight excluding hydrogens is 246 g/mol. The van der Waals surface area contributed by atoms with Crippen LogP contribution in [0.4, 0.5) is 5.69 Å². The Balaban J connectivity index is 1.77. The van der Waals surface area contributed by atoms with Crippen LogP contribution in [0.3, 0.4) is 0 Å². The van der Waals surface area contributed by atoms with Gasteiger partial charge in [-0.3, -0.25) is 9.59 Å². The summed E-state index contributed by atoms with van der Waals surface area (Å²) in [4.78, 5) is 26.3. The highest BCUT2D eigenvalue weighted by molar-refractivity contribution is 8.01. The number of carbonyl (C=O) groups excluding carboxylic acids is 2. The molecule has 3 aliphatic heterocycles. The van der Waals surface area contributed by atoms with Gasteiger partial charge in [-0.2, -0.15) is 0 Å². The highest BCUT2D eigenvalue weighted by Gasteiger charge is 2.60. The number of imide groups is 1. The Morgan fingerprint density at radius 3 is 2.00 bits per heavy atom. The second-order valence-corrected chi connectivity index (χ2v) is 6.21. The number of nitrogens with zero attached hydrogens (tertiary/aromatic N) is 1. The molecule has 4 atom stereocenters. The maximum absolute atomic E-state index is 12.4. The number of benzene rings is 1. The number of fused-ring (bicyclic) bond motifs is 5. The van der Waals surface area contributed by atoms with Crippen LogP contribution in [0.25, 0.3) is 0 Å². The molecule has 0 aromatic heterocycles. The first-order valence-corrected chi connectivity index (χ1v) is 6.98. The van der Waals surface area contributed by atoms with E-state index < -0.39 is 0 Å². The van der Waals surface area contributed by atoms with Gasteiger partial charge in [-0.1, -0.05) is 30.4 Å². The van der Waals surface area contributed by atoms with Gasteiger partial charge in [0, 0.05) is 10.5 Å². The van der Waals surface area contributed by atoms with E-state index in [9.17, 15) is 9.59 Å². The van der Waals surface area contributed by atoms with Crippen molar-refractivity contribution in [1.82, 2.24) is 0 Å². The fourth-order valence-corrected chi connectivity index (χ4v) is 4.77. The first-order chi connectivity index (χ1) is 8.77. The van der Waals surface area contributed by atoms with Gasteiger partial charge in [-0.15, -0.1) is 11.8 Å². The van der Waals surface area contributed by atoms with Crippen molar-refractivity contribution >= 4 is 29.3 Å². The lowest BCUT2D eigenvalue weighted by Crippen LogP contribution is -2.33. The van der Waals surface area contributed by atoms with E-state index in [1.165, 1.54) is 4.90 Å². The molecule has 3 aliphatic rings. The highest BCUT2D eigenvalue weighted by Crippen LogP contribution is 2.53. The van der Waals surface area contributed by atoms with Gasteiger partial charge in [-0.25, -0.2) is 4.90 Å². The molecule has 0 aliphatic carbocycles. The van der Waals surface area contributed by atoms with Gasteiger partial charge in [0.25, 0.3) is 0 Å². The first kappa shape index (κ1) is 10.4. The maximum Gasteiger partial charge on any atom is 0.239 e. The summed E-state index contributed by atoms with van der Waals surface area (Å²) < 4.78 is 0. The van der Waals surface area contributed by atoms with Crippen molar-refractivity contribution in [1.29, 1.82) is 0 Å². The van der Waals surface area contributed by atoms with Gasteiger partial charge in [-0.05, 0) is 12.1 Å². The molecule has 3 heterocycles. The standard InChI is InChI=1S/C14H11NO2S/c16-13-11-9-6-7-10(18-9)12(11)14(17)15(13)8-4-2-1-3-5-8/h1-7,9-12H/t9-,10+,11-,12+. The molecule has 90 valence electrons. The average Bonchev–Trinajstić information content (AvgIpc) is 3.05. The van der Waals surface area contributed by atoms with Gasteiger partial charge >= 0.3 is 0 Å². The van der Waals surface area contributed by atoms with E-state index in [4.69, 9.17) is 0 Å². The van der Waals surface area contributed by atoms with Gasteiger partial charge in [0.1, 0.15) is 0 Å². The summed E-state index contributed by atoms with van der Waals surface area (Å²) in [5.74, 6) is -0.337. The normalized spacial score (nSPS) is 36.6. The molecule has 2 amide bonds. The number of rotatable bonds is 1. The zero-order chi connectivity index (χ0) is 12.3. The monoisotopic (exact) mass is 257 g/mol. The molecule has 2 bridgehead atoms. The minimum Gasteiger partial charge on any atom is -0.274 e. The highest BCUT2D eigenvalue weighted by atomic mass is 32.2. The zero-order valence-corrected chi connectivity index (χ0v) is 10.3. The third kappa shape index (κ3) is 1.16. The summed E-state index contributed by atoms with van der Waals surface area (Å²) >= 11 is 1.75. The summed E-state index contributed by atoms with van der Waals surface area (Å²) in [7, 11) is 0. The summed E-state index contributed by atoms with van der Waals surface area (Å²) in [6.07, 6.45) is 4.16. The number of para-hydroxylation sites is 1. The Kier molecular flexibility index (Phi) is 2.01. The number of hydrogen-bond acceptors (Lipinski definition) is 3. The molecule has 0 N–H and O–H groups in total. The molecule has 0 saturated carbocycles. The lowest BCUT2D eigenvalue weighted by molar-refractivity contribution is -0.122. The Labute approximate surface area is 109 Å². The van der Waals surface area contributed by atoms with E-state index in [-0.39, 0.29) is 34.2 Å². The average molecular weight is 257 g/mol. The molecule has 4 rings (SSSR count). The van der Waals surface area contributed by atoms with E-state index in [1.54, 1.807) is 11.8 Å². The largest absolute Gasteiger partial charge is 0.274 e. The van der Waals surface area contributed by atoms with Gasteiger partial charge in [0.05, 0.1) is 17.5 Å². The smallest absolute Gasteiger partial charge is 0.239 e. The second-order valence-electron chi connectivity index (χ2n) is 4.85. The Morgan fingerprint density at radius 1 is 0.889 bits per heavy atom. The summed E-state index contributed by atoms with van der Waals surface area (Å²) in [6, 6.07) is 9.23. The molecule has 0 unspecified atom stereocenters. The van der Waals surface area contributed by atoms with Crippen molar-refractivity contribution in [2.75, 3.05) is 4.90 Å². The number of thioether (sulfide) groups is 1. The third-order valence-corrected chi connectivity index (χ3v) is 5.45. The van der Waals surface area contributed by atoms with Crippen molar-refractivity contribution in [2.45, 2.75) is 10.5 Å². The number of carbonyl (C=O) groups is 2. The van der Waals surface area contributed by atoms with Gasteiger partial charge in [0.15, 0.2) is 0 Å². The molecular formula is C14H11NO2S. The molecule has 2 fully saturated rings. The predicted molar refractivity (Wildman–Crippen MR) is 70.2 cm³/mol. The molecule has 0 radical (unpaired) electrons. The maximum atomic E-state index is 12.4. The Morgan fingerprint density at radius 2 is 1.44 bits per heavy atom. The van der Waals surface area contributed by atoms with Crippen LogP contribution in [0.1, 0.15) is 0 Å². The van der Waals surface area contributed by atoms with Crippen molar-refractivity contribution in [3.63, 3.8) is 0 Å².